The van der Waals surface area contributed by atoms with E-state index >= 15 is 0 Å². The smallest absolute Gasteiger partial charge is 0.106 e. The van der Waals surface area contributed by atoms with E-state index in [0.29, 0.717) is 6.04 Å². The number of hydrogen-bond acceptors (Lipinski definition) is 2. The van der Waals surface area contributed by atoms with Crippen LogP contribution >= 0.6 is 15.9 Å². The molecule has 0 saturated carbocycles. The van der Waals surface area contributed by atoms with E-state index in [1.165, 1.54) is 19.3 Å². The molecule has 0 aliphatic rings. The van der Waals surface area contributed by atoms with Crippen molar-refractivity contribution in [2.24, 2.45) is 5.92 Å². The van der Waals surface area contributed by atoms with Gasteiger partial charge in [0.05, 0.1) is 11.7 Å². The van der Waals surface area contributed by atoms with Crippen molar-refractivity contribution in [2.45, 2.75) is 39.2 Å². The van der Waals surface area contributed by atoms with Crippen molar-refractivity contribution in [1.29, 1.82) is 0 Å². The van der Waals surface area contributed by atoms with Gasteiger partial charge in [-0.3, -0.25) is 0 Å². The van der Waals surface area contributed by atoms with Crippen molar-refractivity contribution < 1.29 is 0 Å². The van der Waals surface area contributed by atoms with Gasteiger partial charge in [-0.05, 0) is 54.5 Å². The summed E-state index contributed by atoms with van der Waals surface area (Å²) in [6.07, 6.45) is 3.67. The van der Waals surface area contributed by atoms with E-state index < -0.39 is 0 Å². The average molecular weight is 299 g/mol. The predicted octanol–water partition coefficient (Wildman–Crippen LogP) is 4.27. The Morgan fingerprint density at radius 3 is 2.35 bits per heavy atom. The van der Waals surface area contributed by atoms with Crippen LogP contribution in [0.2, 0.25) is 0 Å². The molecule has 0 saturated heterocycles. The maximum absolute atomic E-state index is 4.59. The van der Waals surface area contributed by atoms with Gasteiger partial charge in [-0.1, -0.05) is 32.8 Å². The van der Waals surface area contributed by atoms with Crippen LogP contribution in [0, 0.1) is 5.92 Å². The summed E-state index contributed by atoms with van der Waals surface area (Å²) in [6, 6.07) is 6.58. The second-order valence-corrected chi connectivity index (χ2v) is 5.60. The molecule has 0 amide bonds. The molecule has 3 heteroatoms. The fourth-order valence-corrected chi connectivity index (χ4v) is 2.50. The van der Waals surface area contributed by atoms with Crippen LogP contribution in [-0.4, -0.2) is 24.0 Å². The summed E-state index contributed by atoms with van der Waals surface area (Å²) in [6.45, 7) is 4.55. The minimum atomic E-state index is 0.414. The van der Waals surface area contributed by atoms with Crippen LogP contribution in [-0.2, 0) is 0 Å². The van der Waals surface area contributed by atoms with Gasteiger partial charge < -0.3 is 4.90 Å². The zero-order chi connectivity index (χ0) is 12.8. The molecule has 1 unspecified atom stereocenters. The van der Waals surface area contributed by atoms with E-state index in [4.69, 9.17) is 0 Å². The lowest BCUT2D eigenvalue weighted by Gasteiger charge is -2.27. The van der Waals surface area contributed by atoms with Gasteiger partial charge in [0, 0.05) is 0 Å². The number of nitrogens with zero attached hydrogens (tertiary/aromatic N) is 2. The molecule has 17 heavy (non-hydrogen) atoms. The number of pyridine rings is 1. The van der Waals surface area contributed by atoms with Crippen molar-refractivity contribution >= 4 is 15.9 Å². The molecule has 0 fully saturated rings. The largest absolute Gasteiger partial charge is 0.301 e. The summed E-state index contributed by atoms with van der Waals surface area (Å²) in [4.78, 5) is 6.86. The Morgan fingerprint density at radius 1 is 1.24 bits per heavy atom. The van der Waals surface area contributed by atoms with Gasteiger partial charge in [0.25, 0.3) is 0 Å². The first kappa shape index (κ1) is 14.7. The Balaban J connectivity index is 2.85. The van der Waals surface area contributed by atoms with Crippen molar-refractivity contribution in [2.75, 3.05) is 14.1 Å². The van der Waals surface area contributed by atoms with Crippen LogP contribution in [0.4, 0.5) is 0 Å². The highest BCUT2D eigenvalue weighted by atomic mass is 79.9. The van der Waals surface area contributed by atoms with Crippen LogP contribution in [0.3, 0.4) is 0 Å². The van der Waals surface area contributed by atoms with Crippen molar-refractivity contribution in [3.8, 4) is 0 Å². The number of rotatable bonds is 6. The molecule has 1 heterocycles. The summed E-state index contributed by atoms with van der Waals surface area (Å²) in [5, 5.41) is 0. The van der Waals surface area contributed by atoms with Crippen LogP contribution in [0.1, 0.15) is 44.8 Å². The van der Waals surface area contributed by atoms with E-state index in [0.717, 1.165) is 16.2 Å². The van der Waals surface area contributed by atoms with E-state index in [1.807, 2.05) is 6.07 Å². The fourth-order valence-electron chi connectivity index (χ4n) is 2.14. The van der Waals surface area contributed by atoms with Gasteiger partial charge in [-0.2, -0.15) is 0 Å². The predicted molar refractivity (Wildman–Crippen MR) is 77.1 cm³/mol. The van der Waals surface area contributed by atoms with Gasteiger partial charge >= 0.3 is 0 Å². The quantitative estimate of drug-likeness (QED) is 0.729. The fraction of sp³-hybridized carbons (Fsp3) is 0.643. The van der Waals surface area contributed by atoms with Gasteiger partial charge in [0.1, 0.15) is 4.60 Å². The maximum atomic E-state index is 4.59. The Bertz CT molecular complexity index is 335. The van der Waals surface area contributed by atoms with Crippen molar-refractivity contribution in [1.82, 2.24) is 9.88 Å². The average Bonchev–Trinajstić information content (AvgIpc) is 2.30. The minimum absolute atomic E-state index is 0.414. The summed E-state index contributed by atoms with van der Waals surface area (Å²) in [7, 11) is 4.27. The van der Waals surface area contributed by atoms with Gasteiger partial charge in [0.15, 0.2) is 0 Å². The molecule has 1 aromatic heterocycles. The molecule has 0 radical (unpaired) electrons. The summed E-state index contributed by atoms with van der Waals surface area (Å²) in [5.41, 5.74) is 1.16. The lowest BCUT2D eigenvalue weighted by molar-refractivity contribution is 0.236. The number of aromatic nitrogens is 1. The first-order valence-electron chi connectivity index (χ1n) is 6.37. The molecule has 96 valence electrons. The molecular weight excluding hydrogens is 276 g/mol. The Morgan fingerprint density at radius 2 is 1.88 bits per heavy atom. The normalized spacial score (nSPS) is 13.4. The van der Waals surface area contributed by atoms with Crippen LogP contribution in [0.15, 0.2) is 22.8 Å². The van der Waals surface area contributed by atoms with Gasteiger partial charge in [-0.15, -0.1) is 0 Å². The van der Waals surface area contributed by atoms with Crippen molar-refractivity contribution in [3.05, 3.63) is 28.5 Å². The molecule has 2 nitrogen and oxygen atoms in total. The van der Waals surface area contributed by atoms with Crippen LogP contribution in [0.25, 0.3) is 0 Å². The first-order chi connectivity index (χ1) is 8.08. The molecule has 0 aliphatic heterocycles. The Labute approximate surface area is 114 Å². The summed E-state index contributed by atoms with van der Waals surface area (Å²) >= 11 is 3.45. The third-order valence-corrected chi connectivity index (χ3v) is 3.85. The lowest BCUT2D eigenvalue weighted by Crippen LogP contribution is -2.23. The van der Waals surface area contributed by atoms with Gasteiger partial charge in [0.2, 0.25) is 0 Å². The molecule has 1 aromatic rings. The highest BCUT2D eigenvalue weighted by Crippen LogP contribution is 2.28. The second kappa shape index (κ2) is 7.12. The minimum Gasteiger partial charge on any atom is -0.301 e. The van der Waals surface area contributed by atoms with E-state index in [1.54, 1.807) is 0 Å². The van der Waals surface area contributed by atoms with Gasteiger partial charge in [-0.25, -0.2) is 4.98 Å². The topological polar surface area (TPSA) is 16.1 Å². The molecule has 0 spiro atoms. The monoisotopic (exact) mass is 298 g/mol. The molecule has 0 aliphatic carbocycles. The highest BCUT2D eigenvalue weighted by molar-refractivity contribution is 9.10. The third kappa shape index (κ3) is 4.40. The first-order valence-corrected chi connectivity index (χ1v) is 7.16. The van der Waals surface area contributed by atoms with E-state index in [9.17, 15) is 0 Å². The second-order valence-electron chi connectivity index (χ2n) is 4.78. The lowest BCUT2D eigenvalue weighted by atomic mass is 9.92. The molecule has 0 bridgehead atoms. The number of hydrogen-bond donors (Lipinski definition) is 0. The van der Waals surface area contributed by atoms with Crippen molar-refractivity contribution in [3.63, 3.8) is 0 Å². The highest BCUT2D eigenvalue weighted by Gasteiger charge is 2.19. The number of halogens is 1. The van der Waals surface area contributed by atoms with E-state index in [2.05, 4.69) is 65.9 Å². The maximum Gasteiger partial charge on any atom is 0.106 e. The standard InChI is InChI=1S/C14H23BrN2/c1-5-11(6-2)10-13(17(3)4)12-8-7-9-14(15)16-12/h7-9,11,13H,5-6,10H2,1-4H3. The molecule has 1 rings (SSSR count). The van der Waals surface area contributed by atoms with Crippen LogP contribution in [0.5, 0.6) is 0 Å². The summed E-state index contributed by atoms with van der Waals surface area (Å²) < 4.78 is 0.923. The molecule has 0 aromatic carbocycles. The SMILES string of the molecule is CCC(CC)CC(c1cccc(Br)n1)N(C)C. The molecule has 0 N–H and O–H groups in total. The Kier molecular flexibility index (Phi) is 6.14. The van der Waals surface area contributed by atoms with Crippen LogP contribution < -0.4 is 0 Å². The molecular formula is C14H23BrN2. The summed E-state index contributed by atoms with van der Waals surface area (Å²) in [5.74, 6) is 0.781. The van der Waals surface area contributed by atoms with E-state index in [-0.39, 0.29) is 0 Å². The zero-order valence-corrected chi connectivity index (χ0v) is 12.9. The Hall–Kier alpha value is -0.410. The molecule has 1 atom stereocenters. The third-order valence-electron chi connectivity index (χ3n) is 3.41. The zero-order valence-electron chi connectivity index (χ0n) is 11.3.